The smallest absolute Gasteiger partial charge is 0.441 e. The molecule has 88 valence electrons. The Morgan fingerprint density at radius 3 is 2.59 bits per heavy atom. The van der Waals surface area contributed by atoms with Gasteiger partial charge in [-0.1, -0.05) is 0 Å². The summed E-state index contributed by atoms with van der Waals surface area (Å²) >= 11 is 0. The maximum atomic E-state index is 11.1. The highest BCUT2D eigenvalue weighted by atomic mass is 16.6. The molecule has 17 heavy (non-hydrogen) atoms. The Balaban J connectivity index is 2.13. The van der Waals surface area contributed by atoms with Gasteiger partial charge in [0.05, 0.1) is 12.7 Å². The Morgan fingerprint density at radius 1 is 1.35 bits per heavy atom. The molecule has 0 atom stereocenters. The number of carbonyl (C=O) groups excluding carboxylic acids is 1. The molecule has 7 heteroatoms. The highest BCUT2D eigenvalue weighted by Gasteiger charge is 2.06. The zero-order chi connectivity index (χ0) is 12.3. The van der Waals surface area contributed by atoms with Gasteiger partial charge in [-0.3, -0.25) is 4.52 Å². The Bertz CT molecular complexity index is 569. The molecule has 0 saturated carbocycles. The summed E-state index contributed by atoms with van der Waals surface area (Å²) in [6.45, 7) is 0. The van der Waals surface area contributed by atoms with Crippen LogP contribution in [0.2, 0.25) is 0 Å². The van der Waals surface area contributed by atoms with E-state index in [2.05, 4.69) is 19.4 Å². The van der Waals surface area contributed by atoms with Gasteiger partial charge in [-0.05, 0) is 29.4 Å². The maximum Gasteiger partial charge on any atom is 0.441 e. The van der Waals surface area contributed by atoms with E-state index in [0.717, 1.165) is 0 Å². The maximum absolute atomic E-state index is 11.1. The predicted octanol–water partition coefficient (Wildman–Crippen LogP) is 0.942. The van der Waals surface area contributed by atoms with Crippen LogP contribution in [0.15, 0.2) is 33.6 Å². The fourth-order valence-corrected chi connectivity index (χ4v) is 1.15. The molecule has 0 unspecified atom stereocenters. The van der Waals surface area contributed by atoms with Crippen LogP contribution in [-0.2, 0) is 4.74 Å². The summed E-state index contributed by atoms with van der Waals surface area (Å²) in [5.41, 5.74) is 0.397. The van der Waals surface area contributed by atoms with E-state index < -0.39 is 11.7 Å². The molecule has 0 aliphatic heterocycles. The van der Waals surface area contributed by atoms with E-state index in [1.165, 1.54) is 19.2 Å². The molecule has 7 nitrogen and oxygen atoms in total. The van der Waals surface area contributed by atoms with E-state index in [0.29, 0.717) is 11.3 Å². The summed E-state index contributed by atoms with van der Waals surface area (Å²) in [5.74, 6) is -0.736. The molecule has 2 aromatic rings. The number of carbonyl (C=O) groups is 1. The molecule has 1 aromatic carbocycles. The van der Waals surface area contributed by atoms with Crippen molar-refractivity contribution in [2.24, 2.45) is 0 Å². The number of esters is 1. The lowest BCUT2D eigenvalue weighted by atomic mass is 10.2. The SMILES string of the molecule is COC(=O)c1ccc(Oc2noc(=O)[nH]2)cc1. The standard InChI is InChI=1S/C10H8N2O5/c1-15-8(13)6-2-4-7(5-3-6)16-9-11-10(14)17-12-9/h2-5H,1H3,(H,11,12,14). The third kappa shape index (κ3) is 2.51. The number of H-pyrrole nitrogens is 1. The summed E-state index contributed by atoms with van der Waals surface area (Å²) in [5, 5.41) is 3.33. The lowest BCUT2D eigenvalue weighted by molar-refractivity contribution is 0.0600. The molecule has 0 radical (unpaired) electrons. The van der Waals surface area contributed by atoms with Gasteiger partial charge in [-0.15, -0.1) is 0 Å². The molecule has 0 bridgehead atoms. The monoisotopic (exact) mass is 236 g/mol. The first-order chi connectivity index (χ1) is 8.19. The Morgan fingerprint density at radius 2 is 2.06 bits per heavy atom. The van der Waals surface area contributed by atoms with E-state index in [9.17, 15) is 9.59 Å². The number of aromatic nitrogens is 2. The van der Waals surface area contributed by atoms with Crippen molar-refractivity contribution < 1.29 is 18.8 Å². The second kappa shape index (κ2) is 4.52. The average Bonchev–Trinajstić information content (AvgIpc) is 2.75. The van der Waals surface area contributed by atoms with Crippen molar-refractivity contribution in [3.8, 4) is 11.8 Å². The number of nitrogens with one attached hydrogen (secondary N) is 1. The largest absolute Gasteiger partial charge is 0.465 e. The number of ether oxygens (including phenoxy) is 2. The minimum absolute atomic E-state index is 0.0548. The normalized spacial score (nSPS) is 9.94. The van der Waals surface area contributed by atoms with E-state index in [-0.39, 0.29) is 6.01 Å². The first kappa shape index (κ1) is 10.9. The van der Waals surface area contributed by atoms with Crippen LogP contribution in [0.4, 0.5) is 0 Å². The molecule has 2 rings (SSSR count). The highest BCUT2D eigenvalue weighted by molar-refractivity contribution is 5.89. The topological polar surface area (TPSA) is 94.4 Å². The second-order valence-corrected chi connectivity index (χ2v) is 3.02. The molecule has 0 aliphatic carbocycles. The summed E-state index contributed by atoms with van der Waals surface area (Å²) in [6.07, 6.45) is 0. The molecule has 1 heterocycles. The van der Waals surface area contributed by atoms with Gasteiger partial charge < -0.3 is 9.47 Å². The first-order valence-corrected chi connectivity index (χ1v) is 4.61. The van der Waals surface area contributed by atoms with E-state index in [4.69, 9.17) is 4.74 Å². The van der Waals surface area contributed by atoms with Crippen molar-refractivity contribution in [1.82, 2.24) is 10.1 Å². The fraction of sp³-hybridized carbons (Fsp3) is 0.100. The van der Waals surface area contributed by atoms with Crippen LogP contribution in [0.5, 0.6) is 11.8 Å². The molecule has 0 spiro atoms. The predicted molar refractivity (Wildman–Crippen MR) is 55.0 cm³/mol. The van der Waals surface area contributed by atoms with Gasteiger partial charge in [0.1, 0.15) is 5.75 Å². The van der Waals surface area contributed by atoms with Crippen LogP contribution in [0.1, 0.15) is 10.4 Å². The molecule has 0 saturated heterocycles. The summed E-state index contributed by atoms with van der Waals surface area (Å²) < 4.78 is 14.0. The Kier molecular flexibility index (Phi) is 2.91. The van der Waals surface area contributed by atoms with Crippen molar-refractivity contribution in [3.63, 3.8) is 0 Å². The van der Waals surface area contributed by atoms with Crippen molar-refractivity contribution in [1.29, 1.82) is 0 Å². The summed E-state index contributed by atoms with van der Waals surface area (Å²) in [6, 6.07) is 6.08. The first-order valence-electron chi connectivity index (χ1n) is 4.61. The lowest BCUT2D eigenvalue weighted by Crippen LogP contribution is -2.00. The third-order valence-corrected chi connectivity index (χ3v) is 1.91. The van der Waals surface area contributed by atoms with Gasteiger partial charge in [-0.25, -0.2) is 14.6 Å². The molecule has 0 aliphatic rings. The van der Waals surface area contributed by atoms with E-state index in [1.807, 2.05) is 0 Å². The van der Waals surface area contributed by atoms with Crippen LogP contribution in [0.3, 0.4) is 0 Å². The summed E-state index contributed by atoms with van der Waals surface area (Å²) in [4.78, 5) is 24.0. The number of rotatable bonds is 3. The fourth-order valence-electron chi connectivity index (χ4n) is 1.15. The molecular weight excluding hydrogens is 228 g/mol. The van der Waals surface area contributed by atoms with Crippen LogP contribution in [0.25, 0.3) is 0 Å². The zero-order valence-corrected chi connectivity index (χ0v) is 8.80. The van der Waals surface area contributed by atoms with E-state index in [1.54, 1.807) is 12.1 Å². The van der Waals surface area contributed by atoms with E-state index >= 15 is 0 Å². The van der Waals surface area contributed by atoms with Gasteiger partial charge in [0, 0.05) is 0 Å². The third-order valence-electron chi connectivity index (χ3n) is 1.91. The number of aromatic amines is 1. The molecule has 0 fully saturated rings. The zero-order valence-electron chi connectivity index (χ0n) is 8.80. The van der Waals surface area contributed by atoms with Crippen LogP contribution >= 0.6 is 0 Å². The van der Waals surface area contributed by atoms with Crippen LogP contribution in [0, 0.1) is 0 Å². The minimum Gasteiger partial charge on any atom is -0.465 e. The minimum atomic E-state index is -0.703. The number of nitrogens with zero attached hydrogens (tertiary/aromatic N) is 1. The van der Waals surface area contributed by atoms with Crippen LogP contribution in [-0.4, -0.2) is 23.2 Å². The second-order valence-electron chi connectivity index (χ2n) is 3.02. The highest BCUT2D eigenvalue weighted by Crippen LogP contribution is 2.17. The van der Waals surface area contributed by atoms with Gasteiger partial charge in [0.15, 0.2) is 0 Å². The number of benzene rings is 1. The average molecular weight is 236 g/mol. The Hall–Kier alpha value is -2.57. The molecular formula is C10H8N2O5. The van der Waals surface area contributed by atoms with Gasteiger partial charge in [0.2, 0.25) is 0 Å². The molecule has 0 amide bonds. The number of methoxy groups -OCH3 is 1. The van der Waals surface area contributed by atoms with Gasteiger partial charge in [0.25, 0.3) is 0 Å². The molecule has 1 N–H and O–H groups in total. The quantitative estimate of drug-likeness (QED) is 0.797. The van der Waals surface area contributed by atoms with Crippen molar-refractivity contribution in [2.45, 2.75) is 0 Å². The van der Waals surface area contributed by atoms with Gasteiger partial charge >= 0.3 is 17.7 Å². The molecule has 1 aromatic heterocycles. The van der Waals surface area contributed by atoms with Gasteiger partial charge in [-0.2, -0.15) is 0 Å². The number of hydrogen-bond acceptors (Lipinski definition) is 6. The summed E-state index contributed by atoms with van der Waals surface area (Å²) in [7, 11) is 1.30. The van der Waals surface area contributed by atoms with Crippen LogP contribution < -0.4 is 10.5 Å². The Labute approximate surface area is 95.0 Å². The van der Waals surface area contributed by atoms with Crippen molar-refractivity contribution in [3.05, 3.63) is 40.4 Å². The van der Waals surface area contributed by atoms with Crippen molar-refractivity contribution >= 4 is 5.97 Å². The lowest BCUT2D eigenvalue weighted by Gasteiger charge is -2.02. The number of hydrogen-bond donors (Lipinski definition) is 1. The van der Waals surface area contributed by atoms with Crippen molar-refractivity contribution in [2.75, 3.05) is 7.11 Å².